The molecule has 0 radical (unpaired) electrons. The highest BCUT2D eigenvalue weighted by atomic mass is 32.2. The molecule has 11 nitrogen and oxygen atoms in total. The number of fused-ring (bicyclic) bond motifs is 4. The van der Waals surface area contributed by atoms with Gasteiger partial charge in [-0.15, -0.1) is 11.8 Å². The van der Waals surface area contributed by atoms with Gasteiger partial charge in [-0.25, -0.2) is 17.9 Å². The molecule has 1 aromatic heterocycles. The Morgan fingerprint density at radius 3 is 2.63 bits per heavy atom. The maximum Gasteiger partial charge on any atom is 0.472 e. The Hall–Kier alpha value is -3.26. The number of benzene rings is 2. The first-order valence-electron chi connectivity index (χ1n) is 13.4. The molecule has 0 bridgehead atoms. The van der Waals surface area contributed by atoms with E-state index in [2.05, 4.69) is 4.52 Å². The summed E-state index contributed by atoms with van der Waals surface area (Å²) in [5, 5.41) is 1.87. The molecule has 228 valence electrons. The van der Waals surface area contributed by atoms with Crippen molar-refractivity contribution < 1.29 is 41.9 Å². The van der Waals surface area contributed by atoms with Crippen LogP contribution >= 0.6 is 19.6 Å². The lowest BCUT2D eigenvalue weighted by Crippen LogP contribution is -2.65. The van der Waals surface area contributed by atoms with Crippen molar-refractivity contribution in [3.05, 3.63) is 92.9 Å². The summed E-state index contributed by atoms with van der Waals surface area (Å²) < 4.78 is 57.8. The fraction of sp³-hybridized carbons (Fsp3) is 0.357. The van der Waals surface area contributed by atoms with Crippen LogP contribution in [0.15, 0.2) is 58.4 Å². The third-order valence-corrected chi connectivity index (χ3v) is 9.46. The molecule has 1 saturated heterocycles. The van der Waals surface area contributed by atoms with Gasteiger partial charge in [0.1, 0.15) is 6.17 Å². The number of ether oxygens (including phenoxy) is 2. The van der Waals surface area contributed by atoms with Crippen LogP contribution in [0.4, 0.5) is 8.78 Å². The molecule has 2 N–H and O–H groups in total. The Morgan fingerprint density at radius 1 is 1.07 bits per heavy atom. The van der Waals surface area contributed by atoms with Gasteiger partial charge in [-0.2, -0.15) is 0 Å². The molecule has 3 aromatic rings. The zero-order valence-corrected chi connectivity index (χ0v) is 24.6. The van der Waals surface area contributed by atoms with Crippen LogP contribution < -0.4 is 15.2 Å². The predicted octanol–water partition coefficient (Wildman–Crippen LogP) is 3.74. The standard InChI is InChI=1S/C28H28F2N3O8PS/c1-39-13-16-6-9-23-31(12-16)28(35)26-27(40-15-41-42(36,37)38)21(34)10-11-32(26)33(23)25-17-7-8-20(29)24(30)19(17)14-43-22-5-3-2-4-18(22)25/h2-5,7-8,10-11,16,23,25H,6,9,12-15H2,1H3,(H2,36,37,38)/t16?,23-,25+/m1/s1. The van der Waals surface area contributed by atoms with Crippen molar-refractivity contribution in [1.29, 1.82) is 0 Å². The Bertz CT molecular complexity index is 1680. The maximum absolute atomic E-state index is 15.4. The number of carbonyl (C=O) groups excluding carboxylic acids is 1. The van der Waals surface area contributed by atoms with Crippen LogP contribution in [0.3, 0.4) is 0 Å². The fourth-order valence-electron chi connectivity index (χ4n) is 6.11. The van der Waals surface area contributed by atoms with E-state index in [0.717, 1.165) is 16.5 Å². The number of aromatic nitrogens is 1. The summed E-state index contributed by atoms with van der Waals surface area (Å²) in [6, 6.07) is 10.6. The van der Waals surface area contributed by atoms with Gasteiger partial charge in [0.05, 0.1) is 12.6 Å². The maximum atomic E-state index is 15.4. The number of thioether (sulfide) groups is 1. The second-order valence-corrected chi connectivity index (χ2v) is 12.7. The molecule has 15 heteroatoms. The lowest BCUT2D eigenvalue weighted by molar-refractivity contribution is 0.0224. The number of phosphoric ester groups is 1. The summed E-state index contributed by atoms with van der Waals surface area (Å²) in [6.07, 6.45) is 2.08. The topological polar surface area (TPSA) is 131 Å². The highest BCUT2D eigenvalue weighted by Crippen LogP contribution is 2.46. The van der Waals surface area contributed by atoms with Crippen LogP contribution in [0.1, 0.15) is 46.1 Å². The van der Waals surface area contributed by atoms with Crippen LogP contribution in [-0.2, 0) is 19.6 Å². The largest absolute Gasteiger partial charge is 0.472 e. The van der Waals surface area contributed by atoms with Gasteiger partial charge in [0, 0.05) is 48.0 Å². The predicted molar refractivity (Wildman–Crippen MR) is 151 cm³/mol. The van der Waals surface area contributed by atoms with E-state index in [1.165, 1.54) is 28.7 Å². The van der Waals surface area contributed by atoms with Gasteiger partial charge in [0.2, 0.25) is 18.0 Å². The van der Waals surface area contributed by atoms with E-state index in [1.54, 1.807) is 18.1 Å². The number of pyridine rings is 1. The third kappa shape index (κ3) is 5.47. The highest BCUT2D eigenvalue weighted by molar-refractivity contribution is 7.98. The summed E-state index contributed by atoms with van der Waals surface area (Å²) in [5.41, 5.74) is 0.596. The van der Waals surface area contributed by atoms with Crippen LogP contribution in [0, 0.1) is 17.6 Å². The average Bonchev–Trinajstić information content (AvgIpc) is 3.13. The molecule has 4 heterocycles. The van der Waals surface area contributed by atoms with E-state index < -0.39 is 55.5 Å². The molecule has 0 spiro atoms. The molecule has 1 fully saturated rings. The van der Waals surface area contributed by atoms with Gasteiger partial charge >= 0.3 is 7.82 Å². The molecule has 6 rings (SSSR count). The Morgan fingerprint density at radius 2 is 1.86 bits per heavy atom. The molecule has 0 saturated carbocycles. The fourth-order valence-corrected chi connectivity index (χ4v) is 7.42. The van der Waals surface area contributed by atoms with Gasteiger partial charge in [-0.05, 0) is 36.1 Å². The smallest absolute Gasteiger partial charge is 0.460 e. The van der Waals surface area contributed by atoms with E-state index >= 15 is 4.39 Å². The lowest BCUT2D eigenvalue weighted by atomic mass is 9.90. The summed E-state index contributed by atoms with van der Waals surface area (Å²) in [5.74, 6) is -2.74. The van der Waals surface area contributed by atoms with E-state index in [-0.39, 0.29) is 29.5 Å². The minimum Gasteiger partial charge on any atom is -0.460 e. The number of nitrogens with zero attached hydrogens (tertiary/aromatic N) is 3. The molecule has 3 aliphatic rings. The van der Waals surface area contributed by atoms with E-state index in [1.807, 2.05) is 29.3 Å². The first-order chi connectivity index (χ1) is 20.6. The van der Waals surface area contributed by atoms with Crippen molar-refractivity contribution in [2.75, 3.05) is 32.1 Å². The Balaban J connectivity index is 1.58. The Kier molecular flexibility index (Phi) is 8.09. The van der Waals surface area contributed by atoms with Gasteiger partial charge in [0.25, 0.3) is 5.91 Å². The van der Waals surface area contributed by atoms with Crippen LogP contribution in [0.5, 0.6) is 5.75 Å². The number of hydrogen-bond donors (Lipinski definition) is 2. The lowest BCUT2D eigenvalue weighted by Gasteiger charge is -2.53. The third-order valence-electron chi connectivity index (χ3n) is 7.90. The molecular weight excluding hydrogens is 607 g/mol. The average molecular weight is 636 g/mol. The molecule has 1 amide bonds. The monoisotopic (exact) mass is 635 g/mol. The molecule has 0 aliphatic carbocycles. The molecule has 3 aliphatic heterocycles. The minimum absolute atomic E-state index is 0.00723. The zero-order valence-electron chi connectivity index (χ0n) is 22.9. The van der Waals surface area contributed by atoms with Crippen molar-refractivity contribution in [1.82, 2.24) is 9.58 Å². The van der Waals surface area contributed by atoms with Crippen molar-refractivity contribution in [2.24, 2.45) is 5.92 Å². The summed E-state index contributed by atoms with van der Waals surface area (Å²) in [4.78, 5) is 47.9. The minimum atomic E-state index is -4.94. The Labute approximate surface area is 249 Å². The molecule has 1 unspecified atom stereocenters. The molecule has 2 aromatic carbocycles. The van der Waals surface area contributed by atoms with Crippen molar-refractivity contribution in [3.8, 4) is 5.75 Å². The van der Waals surface area contributed by atoms with Gasteiger partial charge in [-0.1, -0.05) is 24.3 Å². The van der Waals surface area contributed by atoms with Gasteiger partial charge in [0.15, 0.2) is 17.3 Å². The highest BCUT2D eigenvalue weighted by Gasteiger charge is 2.47. The quantitative estimate of drug-likeness (QED) is 0.293. The number of rotatable bonds is 7. The molecule has 43 heavy (non-hydrogen) atoms. The van der Waals surface area contributed by atoms with E-state index in [9.17, 15) is 18.5 Å². The van der Waals surface area contributed by atoms with Gasteiger partial charge < -0.3 is 24.2 Å². The number of phosphoric acid groups is 1. The SMILES string of the molecule is COCC1CC[C@@H]2N(C1)C(=O)c1c(OCOP(=O)(O)O)c(=O)ccn1N2[C@@H]1c2ccccc2SCc2c1ccc(F)c2F. The van der Waals surface area contributed by atoms with Crippen LogP contribution in [-0.4, -0.2) is 58.5 Å². The number of hydrogen-bond acceptors (Lipinski definition) is 8. The molecule has 3 atom stereocenters. The first kappa shape index (κ1) is 29.8. The molecular formula is C28H28F2N3O8PS. The number of halogens is 2. The normalized spacial score (nSPS) is 21.4. The number of amides is 1. The van der Waals surface area contributed by atoms with Crippen molar-refractivity contribution in [3.63, 3.8) is 0 Å². The van der Waals surface area contributed by atoms with E-state index in [4.69, 9.17) is 19.3 Å². The second-order valence-electron chi connectivity index (χ2n) is 10.5. The van der Waals surface area contributed by atoms with E-state index in [0.29, 0.717) is 25.0 Å². The van der Waals surface area contributed by atoms with Crippen LogP contribution in [0.2, 0.25) is 0 Å². The summed E-state index contributed by atoms with van der Waals surface area (Å²) in [7, 11) is -3.37. The second kappa shape index (κ2) is 11.7. The zero-order chi connectivity index (χ0) is 30.5. The summed E-state index contributed by atoms with van der Waals surface area (Å²) in [6.45, 7) is -0.313. The van der Waals surface area contributed by atoms with Crippen LogP contribution in [0.25, 0.3) is 0 Å². The van der Waals surface area contributed by atoms with Crippen molar-refractivity contribution >= 4 is 25.5 Å². The number of carbonyl (C=O) groups is 1. The first-order valence-corrected chi connectivity index (χ1v) is 16.0. The van der Waals surface area contributed by atoms with Crippen molar-refractivity contribution in [2.45, 2.75) is 35.7 Å². The number of piperidine rings is 1. The van der Waals surface area contributed by atoms with Gasteiger partial charge in [-0.3, -0.25) is 19.3 Å². The number of methoxy groups -OCH3 is 1. The summed E-state index contributed by atoms with van der Waals surface area (Å²) >= 11 is 1.38.